The largest absolute Gasteiger partial charge is 0.352 e. The van der Waals surface area contributed by atoms with Crippen LogP contribution < -0.4 is 0 Å². The van der Waals surface area contributed by atoms with E-state index in [0.717, 1.165) is 37.2 Å². The van der Waals surface area contributed by atoms with E-state index in [-0.39, 0.29) is 11.9 Å². The van der Waals surface area contributed by atoms with Crippen molar-refractivity contribution in [2.75, 3.05) is 13.2 Å². The molecule has 0 aromatic heterocycles. The van der Waals surface area contributed by atoms with Gasteiger partial charge in [0.15, 0.2) is 6.29 Å². The van der Waals surface area contributed by atoms with Crippen molar-refractivity contribution in [2.45, 2.75) is 45.3 Å². The zero-order valence-electron chi connectivity index (χ0n) is 15.8. The predicted molar refractivity (Wildman–Crippen MR) is 104 cm³/mol. The molecule has 0 bridgehead atoms. The quantitative estimate of drug-likeness (QED) is 0.651. The molecule has 0 radical (unpaired) electrons. The van der Waals surface area contributed by atoms with E-state index in [9.17, 15) is 4.39 Å². The number of nitrogens with zero attached hydrogens (tertiary/aromatic N) is 1. The third-order valence-corrected chi connectivity index (χ3v) is 5.05. The Morgan fingerprint density at radius 3 is 2.37 bits per heavy atom. The molecule has 1 aliphatic heterocycles. The Morgan fingerprint density at radius 1 is 1.04 bits per heavy atom. The van der Waals surface area contributed by atoms with E-state index in [1.165, 1.54) is 37.0 Å². The van der Waals surface area contributed by atoms with E-state index in [1.54, 1.807) is 6.07 Å². The van der Waals surface area contributed by atoms with E-state index >= 15 is 0 Å². The lowest BCUT2D eigenvalue weighted by Gasteiger charge is -2.29. The monoisotopic (exact) mass is 367 g/mol. The summed E-state index contributed by atoms with van der Waals surface area (Å²) < 4.78 is 25.5. The smallest absolute Gasteiger partial charge is 0.157 e. The molecule has 142 valence electrons. The van der Waals surface area contributed by atoms with Crippen LogP contribution in [0.15, 0.2) is 42.5 Å². The average Bonchev–Trinajstić information content (AvgIpc) is 2.72. The normalized spacial score (nSPS) is 19.6. The first-order valence-electron chi connectivity index (χ1n) is 9.71. The van der Waals surface area contributed by atoms with Gasteiger partial charge in [0.05, 0.1) is 18.8 Å². The highest BCUT2D eigenvalue weighted by Crippen LogP contribution is 2.24. The van der Waals surface area contributed by atoms with Crippen LogP contribution in [0.25, 0.3) is 11.1 Å². The summed E-state index contributed by atoms with van der Waals surface area (Å²) in [4.78, 5) is 0. The fourth-order valence-corrected chi connectivity index (χ4v) is 3.34. The van der Waals surface area contributed by atoms with Crippen molar-refractivity contribution < 1.29 is 13.9 Å². The molecule has 0 amide bonds. The Morgan fingerprint density at radius 2 is 1.74 bits per heavy atom. The molecule has 0 spiro atoms. The van der Waals surface area contributed by atoms with Gasteiger partial charge in [-0.05, 0) is 41.7 Å². The second kappa shape index (κ2) is 9.64. The Balaban J connectivity index is 1.50. The van der Waals surface area contributed by atoms with Crippen molar-refractivity contribution in [3.05, 3.63) is 59.4 Å². The molecule has 0 N–H and O–H groups in total. The third kappa shape index (κ3) is 5.38. The van der Waals surface area contributed by atoms with Gasteiger partial charge in [0.2, 0.25) is 0 Å². The number of hydrogen-bond acceptors (Lipinski definition) is 3. The Bertz CT molecular complexity index is 774. The number of aryl methyl sites for hydroxylation is 1. The SMILES string of the molecule is CCCCC1COC(CCc2ccc(-c3ccc(C#N)c(F)c3)cc2)OC1. The number of benzene rings is 2. The van der Waals surface area contributed by atoms with Gasteiger partial charge >= 0.3 is 0 Å². The van der Waals surface area contributed by atoms with Crippen LogP contribution in [0.2, 0.25) is 0 Å². The highest BCUT2D eigenvalue weighted by Gasteiger charge is 2.21. The van der Waals surface area contributed by atoms with Crippen molar-refractivity contribution in [2.24, 2.45) is 5.92 Å². The summed E-state index contributed by atoms with van der Waals surface area (Å²) in [6, 6.07) is 14.6. The van der Waals surface area contributed by atoms with Crippen LogP contribution in [0.4, 0.5) is 4.39 Å². The number of hydrogen-bond donors (Lipinski definition) is 0. The summed E-state index contributed by atoms with van der Waals surface area (Å²) >= 11 is 0. The van der Waals surface area contributed by atoms with Gasteiger partial charge in [0, 0.05) is 12.3 Å². The molecular formula is C23H26FNO2. The van der Waals surface area contributed by atoms with Gasteiger partial charge in [0.1, 0.15) is 11.9 Å². The molecule has 1 heterocycles. The summed E-state index contributed by atoms with van der Waals surface area (Å²) in [5.41, 5.74) is 2.98. The summed E-state index contributed by atoms with van der Waals surface area (Å²) in [5, 5.41) is 8.82. The zero-order valence-corrected chi connectivity index (χ0v) is 15.8. The van der Waals surface area contributed by atoms with E-state index in [0.29, 0.717) is 5.92 Å². The molecule has 0 saturated carbocycles. The minimum absolute atomic E-state index is 0.0692. The Labute approximate surface area is 160 Å². The van der Waals surface area contributed by atoms with Crippen LogP contribution in [0.1, 0.15) is 43.7 Å². The third-order valence-electron chi connectivity index (χ3n) is 5.05. The first kappa shape index (κ1) is 19.5. The molecule has 3 nitrogen and oxygen atoms in total. The molecular weight excluding hydrogens is 341 g/mol. The van der Waals surface area contributed by atoms with E-state index in [1.807, 2.05) is 18.2 Å². The molecule has 2 aromatic carbocycles. The lowest BCUT2D eigenvalue weighted by atomic mass is 10.0. The average molecular weight is 367 g/mol. The topological polar surface area (TPSA) is 42.2 Å². The van der Waals surface area contributed by atoms with Gasteiger partial charge < -0.3 is 9.47 Å². The van der Waals surface area contributed by atoms with Crippen LogP contribution in [-0.2, 0) is 15.9 Å². The molecule has 0 atom stereocenters. The maximum atomic E-state index is 13.8. The molecule has 4 heteroatoms. The second-order valence-electron chi connectivity index (χ2n) is 7.15. The molecule has 3 rings (SSSR count). The summed E-state index contributed by atoms with van der Waals surface area (Å²) in [7, 11) is 0. The maximum absolute atomic E-state index is 13.8. The van der Waals surface area contributed by atoms with Gasteiger partial charge in [-0.25, -0.2) is 4.39 Å². The second-order valence-corrected chi connectivity index (χ2v) is 7.15. The molecule has 2 aromatic rings. The van der Waals surface area contributed by atoms with E-state index < -0.39 is 5.82 Å². The number of halogens is 1. The van der Waals surface area contributed by atoms with Crippen LogP contribution in [0.3, 0.4) is 0 Å². The lowest BCUT2D eigenvalue weighted by Crippen LogP contribution is -2.32. The van der Waals surface area contributed by atoms with Crippen LogP contribution >= 0.6 is 0 Å². The molecule has 1 saturated heterocycles. The fourth-order valence-electron chi connectivity index (χ4n) is 3.34. The molecule has 0 unspecified atom stereocenters. The lowest BCUT2D eigenvalue weighted by molar-refractivity contribution is -0.203. The Hall–Kier alpha value is -2.22. The highest BCUT2D eigenvalue weighted by molar-refractivity contribution is 5.64. The van der Waals surface area contributed by atoms with Crippen molar-refractivity contribution in [1.82, 2.24) is 0 Å². The maximum Gasteiger partial charge on any atom is 0.157 e. The molecule has 0 aliphatic carbocycles. The summed E-state index contributed by atoms with van der Waals surface area (Å²) in [6.45, 7) is 3.80. The zero-order chi connectivity index (χ0) is 19.1. The summed E-state index contributed by atoms with van der Waals surface area (Å²) in [6.07, 6.45) is 5.23. The van der Waals surface area contributed by atoms with Gasteiger partial charge in [-0.15, -0.1) is 0 Å². The number of ether oxygens (including phenoxy) is 2. The van der Waals surface area contributed by atoms with Gasteiger partial charge in [0.25, 0.3) is 0 Å². The van der Waals surface area contributed by atoms with Crippen LogP contribution in [0, 0.1) is 23.1 Å². The highest BCUT2D eigenvalue weighted by atomic mass is 19.1. The predicted octanol–water partition coefficient (Wildman–Crippen LogP) is 5.48. The Kier molecular flexibility index (Phi) is 6.98. The van der Waals surface area contributed by atoms with Gasteiger partial charge in [-0.2, -0.15) is 5.26 Å². The van der Waals surface area contributed by atoms with Crippen LogP contribution in [-0.4, -0.2) is 19.5 Å². The first-order valence-corrected chi connectivity index (χ1v) is 9.71. The van der Waals surface area contributed by atoms with Gasteiger partial charge in [-0.1, -0.05) is 50.1 Å². The van der Waals surface area contributed by atoms with E-state index in [4.69, 9.17) is 14.7 Å². The van der Waals surface area contributed by atoms with Crippen LogP contribution in [0.5, 0.6) is 0 Å². The first-order chi connectivity index (χ1) is 13.2. The molecule has 1 aliphatic rings. The number of rotatable bonds is 7. The fraction of sp³-hybridized carbons (Fsp3) is 0.435. The minimum Gasteiger partial charge on any atom is -0.352 e. The van der Waals surface area contributed by atoms with Crippen molar-refractivity contribution >= 4 is 0 Å². The van der Waals surface area contributed by atoms with Crippen molar-refractivity contribution in [1.29, 1.82) is 5.26 Å². The molecule has 1 fully saturated rings. The van der Waals surface area contributed by atoms with Crippen molar-refractivity contribution in [3.8, 4) is 17.2 Å². The van der Waals surface area contributed by atoms with E-state index in [2.05, 4.69) is 19.1 Å². The van der Waals surface area contributed by atoms with Crippen molar-refractivity contribution in [3.63, 3.8) is 0 Å². The minimum atomic E-state index is -0.483. The number of nitriles is 1. The number of unbranched alkanes of at least 4 members (excludes halogenated alkanes) is 1. The van der Waals surface area contributed by atoms with Gasteiger partial charge in [-0.3, -0.25) is 0 Å². The summed E-state index contributed by atoms with van der Waals surface area (Å²) in [5.74, 6) is 0.0521. The molecule has 27 heavy (non-hydrogen) atoms. The standard InChI is InChI=1S/C23H26FNO2/c1-2-3-4-18-15-26-23(27-16-18)12-7-17-5-8-19(9-6-17)20-10-11-21(14-25)22(24)13-20/h5-6,8-11,13,18,23H,2-4,7,12,15-16H2,1H3.